The van der Waals surface area contributed by atoms with Crippen LogP contribution in [-0.4, -0.2) is 29.3 Å². The minimum absolute atomic E-state index is 0.226. The molecule has 0 aliphatic rings. The van der Waals surface area contributed by atoms with Gasteiger partial charge in [-0.25, -0.2) is 13.6 Å². The molecule has 2 aromatic rings. The van der Waals surface area contributed by atoms with E-state index in [4.69, 9.17) is 5.11 Å². The van der Waals surface area contributed by atoms with Crippen molar-refractivity contribution in [2.45, 2.75) is 18.5 Å². The molecular weight excluding hydrogens is 320 g/mol. The lowest BCUT2D eigenvalue weighted by Crippen LogP contribution is -2.19. The van der Waals surface area contributed by atoms with Crippen molar-refractivity contribution in [1.29, 1.82) is 0 Å². The second-order valence-electron chi connectivity index (χ2n) is 4.21. The zero-order chi connectivity index (χ0) is 16.5. The Labute approximate surface area is 124 Å². The molecule has 0 saturated heterocycles. The Morgan fingerprint density at radius 3 is 2.59 bits per heavy atom. The number of sulfonamides is 1. The molecule has 2 N–H and O–H groups in total. The molecule has 1 heterocycles. The SMILES string of the molecule is CCn1nccc1S(=O)(=O)Nc1cc(F)c(F)cc1C(=O)O. The fourth-order valence-corrected chi connectivity index (χ4v) is 3.05. The highest BCUT2D eigenvalue weighted by molar-refractivity contribution is 7.92. The Morgan fingerprint density at radius 1 is 1.36 bits per heavy atom. The summed E-state index contributed by atoms with van der Waals surface area (Å²) >= 11 is 0. The number of nitrogens with zero attached hydrogens (tertiary/aromatic N) is 2. The van der Waals surface area contributed by atoms with Gasteiger partial charge in [0.25, 0.3) is 10.0 Å². The monoisotopic (exact) mass is 331 g/mol. The van der Waals surface area contributed by atoms with Crippen molar-refractivity contribution in [3.05, 3.63) is 41.6 Å². The van der Waals surface area contributed by atoms with E-state index < -0.39 is 38.9 Å². The number of aromatic nitrogens is 2. The molecule has 0 atom stereocenters. The Hall–Kier alpha value is -2.49. The minimum atomic E-state index is -4.20. The quantitative estimate of drug-likeness (QED) is 0.868. The first-order valence-electron chi connectivity index (χ1n) is 6.03. The van der Waals surface area contributed by atoms with E-state index in [-0.39, 0.29) is 11.6 Å². The van der Waals surface area contributed by atoms with Crippen molar-refractivity contribution in [3.8, 4) is 0 Å². The van der Waals surface area contributed by atoms with Crippen LogP contribution in [0.2, 0.25) is 0 Å². The summed E-state index contributed by atoms with van der Waals surface area (Å²) in [7, 11) is -4.20. The van der Waals surface area contributed by atoms with Gasteiger partial charge >= 0.3 is 5.97 Å². The van der Waals surface area contributed by atoms with Crippen LogP contribution in [0.1, 0.15) is 17.3 Å². The average Bonchev–Trinajstić information content (AvgIpc) is 2.91. The van der Waals surface area contributed by atoms with Crippen LogP contribution < -0.4 is 4.72 Å². The second-order valence-corrected chi connectivity index (χ2v) is 5.84. The van der Waals surface area contributed by atoms with Crippen LogP contribution in [0.5, 0.6) is 0 Å². The lowest BCUT2D eigenvalue weighted by atomic mass is 10.2. The standard InChI is InChI=1S/C12H11F2N3O4S/c1-2-17-11(3-4-15-17)22(20,21)16-10-6-9(14)8(13)5-7(10)12(18)19/h3-6,16H,2H2,1H3,(H,18,19). The molecule has 0 fully saturated rings. The molecule has 118 valence electrons. The maximum absolute atomic E-state index is 13.3. The topological polar surface area (TPSA) is 101 Å². The summed E-state index contributed by atoms with van der Waals surface area (Å²) in [6, 6.07) is 2.09. The van der Waals surface area contributed by atoms with Crippen LogP contribution in [0.4, 0.5) is 14.5 Å². The lowest BCUT2D eigenvalue weighted by Gasteiger charge is -2.11. The Kier molecular flexibility index (Phi) is 4.13. The molecule has 1 aromatic heterocycles. The molecular formula is C12H11F2N3O4S. The van der Waals surface area contributed by atoms with E-state index in [2.05, 4.69) is 5.10 Å². The fourth-order valence-electron chi connectivity index (χ4n) is 1.79. The van der Waals surface area contributed by atoms with E-state index in [1.165, 1.54) is 12.3 Å². The normalized spacial score (nSPS) is 11.4. The van der Waals surface area contributed by atoms with Gasteiger partial charge in [-0.3, -0.25) is 9.40 Å². The van der Waals surface area contributed by atoms with E-state index in [1.807, 2.05) is 4.72 Å². The van der Waals surface area contributed by atoms with Gasteiger partial charge in [0.15, 0.2) is 16.7 Å². The maximum atomic E-state index is 13.3. The number of nitrogens with one attached hydrogen (secondary N) is 1. The molecule has 0 unspecified atom stereocenters. The van der Waals surface area contributed by atoms with E-state index in [1.54, 1.807) is 6.92 Å². The lowest BCUT2D eigenvalue weighted by molar-refractivity contribution is 0.0697. The molecule has 1 aromatic carbocycles. The summed E-state index contributed by atoms with van der Waals surface area (Å²) in [5, 5.41) is 12.5. The number of carbonyl (C=O) groups is 1. The summed E-state index contributed by atoms with van der Waals surface area (Å²) in [5.74, 6) is -4.36. The number of carboxylic acids is 1. The number of aryl methyl sites for hydroxylation is 1. The van der Waals surface area contributed by atoms with Gasteiger partial charge in [-0.1, -0.05) is 0 Å². The predicted octanol–water partition coefficient (Wildman–Crippen LogP) is 1.68. The van der Waals surface area contributed by atoms with E-state index in [0.717, 1.165) is 4.68 Å². The third kappa shape index (κ3) is 2.91. The second kappa shape index (κ2) is 5.72. The number of benzene rings is 1. The number of aromatic carboxylic acids is 1. The minimum Gasteiger partial charge on any atom is -0.478 e. The van der Waals surface area contributed by atoms with Gasteiger partial charge in [0.2, 0.25) is 0 Å². The highest BCUT2D eigenvalue weighted by atomic mass is 32.2. The van der Waals surface area contributed by atoms with Gasteiger partial charge in [-0.05, 0) is 19.1 Å². The van der Waals surface area contributed by atoms with Crippen LogP contribution in [0.15, 0.2) is 29.4 Å². The van der Waals surface area contributed by atoms with Crippen LogP contribution in [0, 0.1) is 11.6 Å². The summed E-state index contributed by atoms with van der Waals surface area (Å²) in [6.07, 6.45) is 1.25. The molecule has 22 heavy (non-hydrogen) atoms. The van der Waals surface area contributed by atoms with Gasteiger partial charge in [0.1, 0.15) is 0 Å². The maximum Gasteiger partial charge on any atom is 0.337 e. The zero-order valence-electron chi connectivity index (χ0n) is 11.2. The smallest absolute Gasteiger partial charge is 0.337 e. The first kappa shape index (κ1) is 15.9. The van der Waals surface area contributed by atoms with Crippen molar-refractivity contribution in [2.24, 2.45) is 0 Å². The highest BCUT2D eigenvalue weighted by Gasteiger charge is 2.23. The van der Waals surface area contributed by atoms with Gasteiger partial charge in [0, 0.05) is 12.6 Å². The molecule has 0 aliphatic carbocycles. The van der Waals surface area contributed by atoms with Crippen LogP contribution in [0.3, 0.4) is 0 Å². The molecule has 0 bridgehead atoms. The summed E-state index contributed by atoms with van der Waals surface area (Å²) in [6.45, 7) is 1.92. The third-order valence-corrected chi connectivity index (χ3v) is 4.17. The number of rotatable bonds is 5. The van der Waals surface area contributed by atoms with Crippen molar-refractivity contribution >= 4 is 21.7 Å². The van der Waals surface area contributed by atoms with Crippen LogP contribution in [0.25, 0.3) is 0 Å². The van der Waals surface area contributed by atoms with Gasteiger partial charge in [0.05, 0.1) is 17.4 Å². The Morgan fingerprint density at radius 2 is 2.00 bits per heavy atom. The first-order valence-corrected chi connectivity index (χ1v) is 7.51. The molecule has 0 saturated carbocycles. The first-order chi connectivity index (χ1) is 10.3. The third-order valence-electron chi connectivity index (χ3n) is 2.79. The summed E-state index contributed by atoms with van der Waals surface area (Å²) in [4.78, 5) is 11.0. The number of carboxylic acid groups (broad SMARTS) is 1. The van der Waals surface area contributed by atoms with Crippen LogP contribution >= 0.6 is 0 Å². The highest BCUT2D eigenvalue weighted by Crippen LogP contribution is 2.23. The molecule has 0 radical (unpaired) electrons. The van der Waals surface area contributed by atoms with E-state index in [0.29, 0.717) is 12.1 Å². The average molecular weight is 331 g/mol. The Balaban J connectivity index is 2.50. The number of hydrogen-bond acceptors (Lipinski definition) is 4. The molecule has 0 spiro atoms. The number of hydrogen-bond donors (Lipinski definition) is 2. The fraction of sp³-hybridized carbons (Fsp3) is 0.167. The van der Waals surface area contributed by atoms with Crippen molar-refractivity contribution in [3.63, 3.8) is 0 Å². The van der Waals surface area contributed by atoms with Crippen molar-refractivity contribution in [2.75, 3.05) is 4.72 Å². The van der Waals surface area contributed by atoms with Crippen molar-refractivity contribution < 1.29 is 27.1 Å². The molecule has 2 rings (SSSR count). The van der Waals surface area contributed by atoms with E-state index in [9.17, 15) is 22.0 Å². The molecule has 0 aliphatic heterocycles. The molecule has 0 amide bonds. The molecule has 7 nitrogen and oxygen atoms in total. The number of anilines is 1. The van der Waals surface area contributed by atoms with Crippen molar-refractivity contribution in [1.82, 2.24) is 9.78 Å². The van der Waals surface area contributed by atoms with Gasteiger partial charge < -0.3 is 5.11 Å². The molecule has 10 heteroatoms. The van der Waals surface area contributed by atoms with Gasteiger partial charge in [-0.2, -0.15) is 13.5 Å². The van der Waals surface area contributed by atoms with Crippen LogP contribution in [-0.2, 0) is 16.6 Å². The number of halogens is 2. The predicted molar refractivity (Wildman–Crippen MR) is 72.0 cm³/mol. The largest absolute Gasteiger partial charge is 0.478 e. The summed E-state index contributed by atoms with van der Waals surface area (Å²) < 4.78 is 53.9. The van der Waals surface area contributed by atoms with E-state index >= 15 is 0 Å². The van der Waals surface area contributed by atoms with Gasteiger partial charge in [-0.15, -0.1) is 0 Å². The Bertz CT molecular complexity index is 833. The summed E-state index contributed by atoms with van der Waals surface area (Å²) in [5.41, 5.74) is -1.28. The zero-order valence-corrected chi connectivity index (χ0v) is 12.1.